The van der Waals surface area contributed by atoms with E-state index in [1.165, 1.54) is 18.4 Å². The van der Waals surface area contributed by atoms with Crippen LogP contribution in [0.25, 0.3) is 0 Å². The highest BCUT2D eigenvalue weighted by Gasteiger charge is 2.19. The Balaban J connectivity index is 1.76. The van der Waals surface area contributed by atoms with Crippen molar-refractivity contribution in [3.63, 3.8) is 0 Å². The zero-order valence-corrected chi connectivity index (χ0v) is 8.35. The molecule has 0 aromatic heterocycles. The Morgan fingerprint density at radius 3 is 2.54 bits per heavy atom. The maximum atomic E-state index is 5.79. The van der Waals surface area contributed by atoms with E-state index in [1.807, 2.05) is 12.1 Å². The zero-order valence-electron chi connectivity index (χ0n) is 7.59. The Labute approximate surface area is 84.1 Å². The molecule has 1 saturated carbocycles. The van der Waals surface area contributed by atoms with Gasteiger partial charge < -0.3 is 5.32 Å². The third kappa shape index (κ3) is 3.02. The lowest BCUT2D eigenvalue weighted by molar-refractivity contribution is 0.682. The Kier molecular flexibility index (Phi) is 2.87. The minimum Gasteiger partial charge on any atom is -0.314 e. The maximum absolute atomic E-state index is 5.79. The van der Waals surface area contributed by atoms with E-state index in [0.717, 1.165) is 24.0 Å². The van der Waals surface area contributed by atoms with E-state index in [-0.39, 0.29) is 0 Å². The number of halogens is 1. The van der Waals surface area contributed by atoms with Crippen LogP contribution in [0.2, 0.25) is 5.02 Å². The van der Waals surface area contributed by atoms with Crippen LogP contribution in [0.5, 0.6) is 0 Å². The van der Waals surface area contributed by atoms with E-state index in [0.29, 0.717) is 0 Å². The van der Waals surface area contributed by atoms with Crippen molar-refractivity contribution in [2.24, 2.45) is 0 Å². The van der Waals surface area contributed by atoms with Crippen molar-refractivity contribution in [3.05, 3.63) is 34.9 Å². The quantitative estimate of drug-likeness (QED) is 0.779. The first-order valence-corrected chi connectivity index (χ1v) is 5.20. The molecule has 1 aromatic rings. The molecule has 0 radical (unpaired) electrons. The molecule has 13 heavy (non-hydrogen) atoms. The van der Waals surface area contributed by atoms with Crippen LogP contribution < -0.4 is 5.32 Å². The first-order chi connectivity index (χ1) is 6.34. The van der Waals surface area contributed by atoms with Crippen LogP contribution in [0.1, 0.15) is 18.4 Å². The highest BCUT2D eigenvalue weighted by atomic mass is 35.5. The van der Waals surface area contributed by atoms with Gasteiger partial charge in [0.05, 0.1) is 0 Å². The first kappa shape index (κ1) is 9.04. The normalized spacial score (nSPS) is 16.1. The zero-order chi connectivity index (χ0) is 9.10. The molecular weight excluding hydrogens is 182 g/mol. The van der Waals surface area contributed by atoms with Gasteiger partial charge in [0.15, 0.2) is 0 Å². The summed E-state index contributed by atoms with van der Waals surface area (Å²) in [5, 5.41) is 4.31. The lowest BCUT2D eigenvalue weighted by atomic mass is 10.1. The second-order valence-corrected chi connectivity index (χ2v) is 4.04. The smallest absolute Gasteiger partial charge is 0.0406 e. The maximum Gasteiger partial charge on any atom is 0.0406 e. The van der Waals surface area contributed by atoms with Gasteiger partial charge in [-0.3, -0.25) is 0 Å². The van der Waals surface area contributed by atoms with E-state index in [2.05, 4.69) is 17.4 Å². The second kappa shape index (κ2) is 4.12. The molecule has 0 unspecified atom stereocenters. The summed E-state index contributed by atoms with van der Waals surface area (Å²) in [4.78, 5) is 0. The summed E-state index contributed by atoms with van der Waals surface area (Å²) in [6.07, 6.45) is 3.83. The molecule has 0 aliphatic heterocycles. The number of benzene rings is 1. The molecule has 70 valence electrons. The van der Waals surface area contributed by atoms with Gasteiger partial charge in [-0.25, -0.2) is 0 Å². The molecule has 0 bridgehead atoms. The van der Waals surface area contributed by atoms with Crippen molar-refractivity contribution in [1.82, 2.24) is 5.32 Å². The fourth-order valence-corrected chi connectivity index (χ4v) is 1.49. The largest absolute Gasteiger partial charge is 0.314 e. The van der Waals surface area contributed by atoms with Gasteiger partial charge >= 0.3 is 0 Å². The van der Waals surface area contributed by atoms with E-state index in [1.54, 1.807) is 0 Å². The Morgan fingerprint density at radius 1 is 1.23 bits per heavy atom. The van der Waals surface area contributed by atoms with Crippen molar-refractivity contribution in [2.75, 3.05) is 6.54 Å². The van der Waals surface area contributed by atoms with Gasteiger partial charge in [-0.05, 0) is 43.5 Å². The van der Waals surface area contributed by atoms with Crippen molar-refractivity contribution >= 4 is 11.6 Å². The number of hydrogen-bond donors (Lipinski definition) is 1. The highest BCUT2D eigenvalue weighted by molar-refractivity contribution is 6.30. The molecule has 1 fully saturated rings. The van der Waals surface area contributed by atoms with Gasteiger partial charge in [0, 0.05) is 11.1 Å². The average Bonchev–Trinajstić information content (AvgIpc) is 2.92. The van der Waals surface area contributed by atoms with Crippen LogP contribution in [-0.2, 0) is 6.42 Å². The molecule has 0 saturated heterocycles. The average molecular weight is 196 g/mol. The van der Waals surface area contributed by atoms with E-state index in [9.17, 15) is 0 Å². The second-order valence-electron chi connectivity index (χ2n) is 3.60. The molecule has 1 nitrogen and oxygen atoms in total. The molecule has 2 rings (SSSR count). The fraction of sp³-hybridized carbons (Fsp3) is 0.455. The molecule has 1 aromatic carbocycles. The first-order valence-electron chi connectivity index (χ1n) is 4.82. The molecule has 1 N–H and O–H groups in total. The number of nitrogens with one attached hydrogen (secondary N) is 1. The van der Waals surface area contributed by atoms with Gasteiger partial charge in [0.25, 0.3) is 0 Å². The molecule has 2 heteroatoms. The number of hydrogen-bond acceptors (Lipinski definition) is 1. The van der Waals surface area contributed by atoms with E-state index in [4.69, 9.17) is 11.6 Å². The Morgan fingerprint density at radius 2 is 1.92 bits per heavy atom. The number of rotatable bonds is 4. The lowest BCUT2D eigenvalue weighted by Crippen LogP contribution is -2.19. The Hall–Kier alpha value is -0.530. The molecule has 1 aliphatic carbocycles. The third-order valence-corrected chi connectivity index (χ3v) is 2.59. The van der Waals surface area contributed by atoms with Crippen LogP contribution in [0.15, 0.2) is 24.3 Å². The van der Waals surface area contributed by atoms with Gasteiger partial charge in [-0.2, -0.15) is 0 Å². The van der Waals surface area contributed by atoms with Crippen molar-refractivity contribution in [3.8, 4) is 0 Å². The van der Waals surface area contributed by atoms with Crippen LogP contribution in [-0.4, -0.2) is 12.6 Å². The van der Waals surface area contributed by atoms with Crippen LogP contribution in [0.4, 0.5) is 0 Å². The molecule has 0 atom stereocenters. The Bertz CT molecular complexity index is 264. The van der Waals surface area contributed by atoms with Crippen molar-refractivity contribution in [1.29, 1.82) is 0 Å². The van der Waals surface area contributed by atoms with Crippen molar-refractivity contribution < 1.29 is 0 Å². The topological polar surface area (TPSA) is 12.0 Å². The molecule has 0 heterocycles. The molecule has 0 amide bonds. The summed E-state index contributed by atoms with van der Waals surface area (Å²) in [5.74, 6) is 0. The summed E-state index contributed by atoms with van der Waals surface area (Å²) < 4.78 is 0. The SMILES string of the molecule is Clc1ccc(CCNC2CC2)cc1. The van der Waals surface area contributed by atoms with Gasteiger partial charge in [-0.15, -0.1) is 0 Å². The standard InChI is InChI=1S/C11H14ClN/c12-10-3-1-9(2-4-10)7-8-13-11-5-6-11/h1-4,11,13H,5-8H2. The summed E-state index contributed by atoms with van der Waals surface area (Å²) in [6.45, 7) is 1.09. The van der Waals surface area contributed by atoms with E-state index < -0.39 is 0 Å². The van der Waals surface area contributed by atoms with E-state index >= 15 is 0 Å². The van der Waals surface area contributed by atoms with Crippen LogP contribution in [0, 0.1) is 0 Å². The van der Waals surface area contributed by atoms with Crippen LogP contribution in [0.3, 0.4) is 0 Å². The predicted molar refractivity (Wildman–Crippen MR) is 56.2 cm³/mol. The molecule has 0 spiro atoms. The third-order valence-electron chi connectivity index (χ3n) is 2.34. The summed E-state index contributed by atoms with van der Waals surface area (Å²) in [7, 11) is 0. The summed E-state index contributed by atoms with van der Waals surface area (Å²) in [6, 6.07) is 8.91. The minimum absolute atomic E-state index is 0.812. The van der Waals surface area contributed by atoms with Crippen LogP contribution >= 0.6 is 11.6 Å². The van der Waals surface area contributed by atoms with Gasteiger partial charge in [0.2, 0.25) is 0 Å². The minimum atomic E-state index is 0.812. The molecular formula is C11H14ClN. The summed E-state index contributed by atoms with van der Waals surface area (Å²) >= 11 is 5.79. The lowest BCUT2D eigenvalue weighted by Gasteiger charge is -2.02. The summed E-state index contributed by atoms with van der Waals surface area (Å²) in [5.41, 5.74) is 1.36. The van der Waals surface area contributed by atoms with Gasteiger partial charge in [-0.1, -0.05) is 23.7 Å². The monoisotopic (exact) mass is 195 g/mol. The highest BCUT2D eigenvalue weighted by Crippen LogP contribution is 2.18. The van der Waals surface area contributed by atoms with Crippen molar-refractivity contribution in [2.45, 2.75) is 25.3 Å². The fourth-order valence-electron chi connectivity index (χ4n) is 1.36. The molecule has 1 aliphatic rings. The predicted octanol–water partition coefficient (Wildman–Crippen LogP) is 2.63. The van der Waals surface area contributed by atoms with Gasteiger partial charge in [0.1, 0.15) is 0 Å².